The van der Waals surface area contributed by atoms with Crippen molar-refractivity contribution in [2.45, 2.75) is 13.5 Å². The highest BCUT2D eigenvalue weighted by molar-refractivity contribution is 6.30. The molecule has 0 aliphatic heterocycles. The summed E-state index contributed by atoms with van der Waals surface area (Å²) in [5.74, 6) is -0.359. The Morgan fingerprint density at radius 3 is 2.82 bits per heavy atom. The van der Waals surface area contributed by atoms with Gasteiger partial charge in [0.1, 0.15) is 0 Å². The number of anilines is 1. The lowest BCUT2D eigenvalue weighted by molar-refractivity contribution is -0.116. The van der Waals surface area contributed by atoms with Crippen LogP contribution in [0.25, 0.3) is 0 Å². The van der Waals surface area contributed by atoms with E-state index in [1.165, 1.54) is 0 Å². The van der Waals surface area contributed by atoms with Gasteiger partial charge in [0.15, 0.2) is 0 Å². The first-order chi connectivity index (χ1) is 8.04. The van der Waals surface area contributed by atoms with Crippen LogP contribution in [0.2, 0.25) is 5.02 Å². The number of nitrogens with two attached hydrogens (primary N) is 1. The molecule has 0 bridgehead atoms. The van der Waals surface area contributed by atoms with Gasteiger partial charge in [-0.1, -0.05) is 24.6 Å². The molecule has 0 unspecified atom stereocenters. The molecule has 0 saturated carbocycles. The second-order valence-corrected chi connectivity index (χ2v) is 4.31. The van der Waals surface area contributed by atoms with Crippen LogP contribution >= 0.6 is 11.6 Å². The zero-order valence-electron chi connectivity index (χ0n) is 10.2. The van der Waals surface area contributed by atoms with Gasteiger partial charge in [0, 0.05) is 24.3 Å². The van der Waals surface area contributed by atoms with Crippen molar-refractivity contribution in [3.05, 3.63) is 28.8 Å². The molecule has 1 aromatic rings. The fourth-order valence-corrected chi connectivity index (χ4v) is 1.79. The first kappa shape index (κ1) is 13.8. The highest BCUT2D eigenvalue weighted by Crippen LogP contribution is 2.23. The number of amides is 1. The summed E-state index contributed by atoms with van der Waals surface area (Å²) in [4.78, 5) is 12.7. The number of rotatable bonds is 6. The van der Waals surface area contributed by atoms with E-state index < -0.39 is 0 Å². The largest absolute Gasteiger partial charge is 0.368 e. The molecule has 0 atom stereocenters. The number of carbonyl (C=O) groups excluding carboxylic acids is 1. The van der Waals surface area contributed by atoms with Crippen LogP contribution in [0.5, 0.6) is 0 Å². The minimum atomic E-state index is -0.359. The predicted molar refractivity (Wildman–Crippen MR) is 71.3 cm³/mol. The van der Waals surface area contributed by atoms with Crippen molar-refractivity contribution in [3.63, 3.8) is 0 Å². The first-order valence-corrected chi connectivity index (χ1v) is 5.91. The van der Waals surface area contributed by atoms with E-state index in [4.69, 9.17) is 17.3 Å². The fraction of sp³-hybridized carbons (Fsp3) is 0.417. The molecule has 3 N–H and O–H groups in total. The maximum atomic E-state index is 10.9. The molecular formula is C12H18ClN3O. The van der Waals surface area contributed by atoms with Gasteiger partial charge in [0.2, 0.25) is 5.91 Å². The minimum absolute atomic E-state index is 0.180. The van der Waals surface area contributed by atoms with Gasteiger partial charge < -0.3 is 16.0 Å². The third-order valence-corrected chi connectivity index (χ3v) is 2.65. The smallest absolute Gasteiger partial charge is 0.236 e. The lowest BCUT2D eigenvalue weighted by atomic mass is 10.1. The van der Waals surface area contributed by atoms with E-state index in [0.29, 0.717) is 5.02 Å². The van der Waals surface area contributed by atoms with Crippen molar-refractivity contribution in [3.8, 4) is 0 Å². The molecular weight excluding hydrogens is 238 g/mol. The molecule has 5 heteroatoms. The SMILES string of the molecule is CCNCc1ccc(Cl)cc1N(C)CC(N)=O. The van der Waals surface area contributed by atoms with E-state index >= 15 is 0 Å². The van der Waals surface area contributed by atoms with Gasteiger partial charge in [-0.05, 0) is 24.2 Å². The number of nitrogens with one attached hydrogen (secondary N) is 1. The zero-order chi connectivity index (χ0) is 12.8. The fourth-order valence-electron chi connectivity index (χ4n) is 1.62. The number of primary amides is 1. The number of nitrogens with zero attached hydrogens (tertiary/aromatic N) is 1. The predicted octanol–water partition coefficient (Wildman–Crippen LogP) is 1.37. The normalized spacial score (nSPS) is 10.3. The van der Waals surface area contributed by atoms with E-state index in [-0.39, 0.29) is 12.5 Å². The molecule has 94 valence electrons. The Hall–Kier alpha value is -1.26. The van der Waals surface area contributed by atoms with Crippen molar-refractivity contribution in [1.82, 2.24) is 5.32 Å². The van der Waals surface area contributed by atoms with Gasteiger partial charge in [-0.3, -0.25) is 4.79 Å². The Morgan fingerprint density at radius 2 is 2.24 bits per heavy atom. The van der Waals surface area contributed by atoms with Crippen LogP contribution in [0.1, 0.15) is 12.5 Å². The van der Waals surface area contributed by atoms with Crippen molar-refractivity contribution >= 4 is 23.2 Å². The Balaban J connectivity index is 2.93. The monoisotopic (exact) mass is 255 g/mol. The average Bonchev–Trinajstić information content (AvgIpc) is 2.26. The van der Waals surface area contributed by atoms with Crippen LogP contribution in [0.3, 0.4) is 0 Å². The summed E-state index contributed by atoms with van der Waals surface area (Å²) in [5, 5.41) is 3.90. The summed E-state index contributed by atoms with van der Waals surface area (Å²) in [6.07, 6.45) is 0. The minimum Gasteiger partial charge on any atom is -0.368 e. The van der Waals surface area contributed by atoms with E-state index in [1.54, 1.807) is 4.90 Å². The molecule has 0 aliphatic rings. The van der Waals surface area contributed by atoms with E-state index in [0.717, 1.165) is 24.3 Å². The van der Waals surface area contributed by atoms with Gasteiger partial charge in [0.05, 0.1) is 6.54 Å². The second-order valence-electron chi connectivity index (χ2n) is 3.88. The van der Waals surface area contributed by atoms with Gasteiger partial charge in [-0.25, -0.2) is 0 Å². The summed E-state index contributed by atoms with van der Waals surface area (Å²) in [6, 6.07) is 5.64. The van der Waals surface area contributed by atoms with Crippen LogP contribution < -0.4 is 16.0 Å². The Kier molecular flexibility index (Phi) is 5.25. The van der Waals surface area contributed by atoms with Gasteiger partial charge in [0.25, 0.3) is 0 Å². The number of hydrogen-bond acceptors (Lipinski definition) is 3. The molecule has 1 amide bonds. The van der Waals surface area contributed by atoms with Crippen molar-refractivity contribution in [2.75, 3.05) is 25.0 Å². The van der Waals surface area contributed by atoms with E-state index in [2.05, 4.69) is 5.32 Å². The summed E-state index contributed by atoms with van der Waals surface area (Å²) in [5.41, 5.74) is 7.21. The molecule has 0 aliphatic carbocycles. The number of hydrogen-bond donors (Lipinski definition) is 2. The van der Waals surface area contributed by atoms with Gasteiger partial charge in [-0.15, -0.1) is 0 Å². The highest BCUT2D eigenvalue weighted by atomic mass is 35.5. The average molecular weight is 256 g/mol. The third-order valence-electron chi connectivity index (χ3n) is 2.42. The Labute approximate surface area is 107 Å². The second kappa shape index (κ2) is 6.47. The Bertz CT molecular complexity index is 395. The summed E-state index contributed by atoms with van der Waals surface area (Å²) in [7, 11) is 1.83. The van der Waals surface area contributed by atoms with Crippen molar-refractivity contribution in [2.24, 2.45) is 5.73 Å². The molecule has 0 spiro atoms. The number of benzene rings is 1. The lowest BCUT2D eigenvalue weighted by Gasteiger charge is -2.21. The lowest BCUT2D eigenvalue weighted by Crippen LogP contribution is -2.31. The quantitative estimate of drug-likeness (QED) is 0.807. The molecule has 0 heterocycles. The van der Waals surface area contributed by atoms with Crippen molar-refractivity contribution < 1.29 is 4.79 Å². The topological polar surface area (TPSA) is 58.4 Å². The maximum absolute atomic E-state index is 10.9. The molecule has 17 heavy (non-hydrogen) atoms. The van der Waals surface area contributed by atoms with Crippen LogP contribution in [-0.2, 0) is 11.3 Å². The van der Waals surface area contributed by atoms with Crippen LogP contribution in [0.4, 0.5) is 5.69 Å². The highest BCUT2D eigenvalue weighted by Gasteiger charge is 2.09. The maximum Gasteiger partial charge on any atom is 0.236 e. The van der Waals surface area contributed by atoms with Crippen molar-refractivity contribution in [1.29, 1.82) is 0 Å². The number of halogens is 1. The molecule has 0 radical (unpaired) electrons. The first-order valence-electron chi connectivity index (χ1n) is 5.53. The standard InChI is InChI=1S/C12H18ClN3O/c1-3-15-7-9-4-5-10(13)6-11(9)16(2)8-12(14)17/h4-6,15H,3,7-8H2,1-2H3,(H2,14,17). The molecule has 0 aromatic heterocycles. The summed E-state index contributed by atoms with van der Waals surface area (Å²) >= 11 is 5.97. The molecule has 4 nitrogen and oxygen atoms in total. The van der Waals surface area contributed by atoms with Crippen LogP contribution in [0, 0.1) is 0 Å². The molecule has 0 fully saturated rings. The van der Waals surface area contributed by atoms with Crippen LogP contribution in [0.15, 0.2) is 18.2 Å². The summed E-state index contributed by atoms with van der Waals surface area (Å²) in [6.45, 7) is 3.86. The number of likely N-dealkylation sites (N-methyl/N-ethyl adjacent to an activating group) is 1. The molecule has 1 rings (SSSR count). The van der Waals surface area contributed by atoms with Gasteiger partial charge in [-0.2, -0.15) is 0 Å². The number of carbonyl (C=O) groups is 1. The Morgan fingerprint density at radius 1 is 1.53 bits per heavy atom. The third kappa shape index (κ3) is 4.24. The van der Waals surface area contributed by atoms with Crippen LogP contribution in [-0.4, -0.2) is 26.0 Å². The molecule has 0 saturated heterocycles. The molecule has 1 aromatic carbocycles. The van der Waals surface area contributed by atoms with E-state index in [1.807, 2.05) is 32.2 Å². The summed E-state index contributed by atoms with van der Waals surface area (Å²) < 4.78 is 0. The van der Waals surface area contributed by atoms with E-state index in [9.17, 15) is 4.79 Å². The zero-order valence-corrected chi connectivity index (χ0v) is 10.9. The van der Waals surface area contributed by atoms with Gasteiger partial charge >= 0.3 is 0 Å².